The molecule has 9 heteroatoms. The number of nitrogens with one attached hydrogen (secondary N) is 2. The minimum atomic E-state index is -3.81. The average Bonchev–Trinajstić information content (AvgIpc) is 2.84. The molecule has 1 heterocycles. The van der Waals surface area contributed by atoms with Gasteiger partial charge in [-0.05, 0) is 43.3 Å². The predicted octanol–water partition coefficient (Wildman–Crippen LogP) is 3.67. The Bertz CT molecular complexity index is 1290. The molecule has 3 aromatic carbocycles. The minimum absolute atomic E-state index is 0.1000. The Labute approximate surface area is 198 Å². The van der Waals surface area contributed by atoms with Crippen LogP contribution in [0, 0.1) is 0 Å². The third kappa shape index (κ3) is 5.37. The third-order valence-corrected chi connectivity index (χ3v) is 6.73. The molecular weight excluding hydrogens is 456 g/mol. The number of anilines is 1. The summed E-state index contributed by atoms with van der Waals surface area (Å²) < 4.78 is 38.5. The first-order valence-corrected chi connectivity index (χ1v) is 12.2. The Morgan fingerprint density at radius 3 is 2.53 bits per heavy atom. The molecule has 1 amide bonds. The first-order valence-electron chi connectivity index (χ1n) is 10.7. The molecule has 0 saturated heterocycles. The van der Waals surface area contributed by atoms with Crippen molar-refractivity contribution in [2.24, 2.45) is 0 Å². The molecule has 0 fully saturated rings. The summed E-state index contributed by atoms with van der Waals surface area (Å²) in [5.74, 6) is -0.453. The molecule has 0 bridgehead atoms. The van der Waals surface area contributed by atoms with Gasteiger partial charge in [0.25, 0.3) is 15.9 Å². The van der Waals surface area contributed by atoms with Gasteiger partial charge in [0.05, 0.1) is 23.1 Å². The van der Waals surface area contributed by atoms with E-state index >= 15 is 0 Å². The first-order chi connectivity index (χ1) is 16.3. The number of carbonyl (C=O) groups excluding carboxylic acids is 2. The fraction of sp³-hybridized carbons (Fsp3) is 0.200. The molecule has 3 aromatic rings. The summed E-state index contributed by atoms with van der Waals surface area (Å²) in [6.07, 6.45) is -0.445. The van der Waals surface area contributed by atoms with E-state index in [-0.39, 0.29) is 22.2 Å². The molecule has 0 aliphatic carbocycles. The summed E-state index contributed by atoms with van der Waals surface area (Å²) in [5.41, 5.74) is 1.19. The molecular formula is C25H24N2O6S. The minimum Gasteiger partial charge on any atom is -0.493 e. The van der Waals surface area contributed by atoms with Crippen molar-refractivity contribution in [1.82, 2.24) is 5.32 Å². The van der Waals surface area contributed by atoms with Crippen molar-refractivity contribution in [2.45, 2.75) is 30.4 Å². The van der Waals surface area contributed by atoms with Crippen LogP contribution in [0.25, 0.3) is 0 Å². The number of sulfonamides is 1. The molecule has 1 aliphatic heterocycles. The van der Waals surface area contributed by atoms with Gasteiger partial charge in [0.1, 0.15) is 5.75 Å². The van der Waals surface area contributed by atoms with E-state index in [1.54, 1.807) is 18.2 Å². The number of hydrogen-bond acceptors (Lipinski definition) is 6. The highest BCUT2D eigenvalue weighted by Crippen LogP contribution is 2.31. The second-order valence-electron chi connectivity index (χ2n) is 7.78. The number of benzene rings is 3. The van der Waals surface area contributed by atoms with Gasteiger partial charge in [0.2, 0.25) is 0 Å². The molecule has 0 saturated carbocycles. The zero-order valence-corrected chi connectivity index (χ0v) is 19.2. The Morgan fingerprint density at radius 2 is 1.74 bits per heavy atom. The van der Waals surface area contributed by atoms with Crippen LogP contribution in [-0.2, 0) is 19.6 Å². The standard InChI is InChI=1S/C25H24N2O6S/c1-17(24(28)26-22-14-15-32-23-13-6-5-12-21(22)23)33-25(29)18-8-7-9-19(16-18)27-34(30,31)20-10-3-2-4-11-20/h2-13,16-17,22,27H,14-15H2,1H3,(H,26,28). The lowest BCUT2D eigenvalue weighted by Crippen LogP contribution is -2.39. The maximum atomic E-state index is 12.7. The number of hydrogen-bond donors (Lipinski definition) is 2. The monoisotopic (exact) mass is 480 g/mol. The van der Waals surface area contributed by atoms with Gasteiger partial charge in [-0.2, -0.15) is 0 Å². The smallest absolute Gasteiger partial charge is 0.338 e. The van der Waals surface area contributed by atoms with E-state index in [0.717, 1.165) is 11.3 Å². The van der Waals surface area contributed by atoms with Crippen molar-refractivity contribution < 1.29 is 27.5 Å². The lowest BCUT2D eigenvalue weighted by Gasteiger charge is -2.27. The van der Waals surface area contributed by atoms with Gasteiger partial charge >= 0.3 is 5.97 Å². The number of carbonyl (C=O) groups is 2. The second kappa shape index (κ2) is 9.96. The second-order valence-corrected chi connectivity index (χ2v) is 9.47. The highest BCUT2D eigenvalue weighted by Gasteiger charge is 2.26. The SMILES string of the molecule is CC(OC(=O)c1cccc(NS(=O)(=O)c2ccccc2)c1)C(=O)NC1CCOc2ccccc21. The van der Waals surface area contributed by atoms with Gasteiger partial charge < -0.3 is 14.8 Å². The Hall–Kier alpha value is -3.85. The van der Waals surface area contributed by atoms with E-state index in [9.17, 15) is 18.0 Å². The van der Waals surface area contributed by atoms with E-state index < -0.39 is 28.0 Å². The van der Waals surface area contributed by atoms with Crippen molar-refractivity contribution in [2.75, 3.05) is 11.3 Å². The van der Waals surface area contributed by atoms with Crippen molar-refractivity contribution in [3.05, 3.63) is 90.0 Å². The quantitative estimate of drug-likeness (QED) is 0.499. The lowest BCUT2D eigenvalue weighted by molar-refractivity contribution is -0.130. The molecule has 0 spiro atoms. The number of rotatable bonds is 7. The van der Waals surface area contributed by atoms with E-state index in [1.807, 2.05) is 24.3 Å². The summed E-state index contributed by atoms with van der Waals surface area (Å²) >= 11 is 0. The van der Waals surface area contributed by atoms with Crippen molar-refractivity contribution >= 4 is 27.6 Å². The van der Waals surface area contributed by atoms with E-state index in [0.29, 0.717) is 13.0 Å². The first kappa shape index (κ1) is 23.3. The van der Waals surface area contributed by atoms with Crippen LogP contribution < -0.4 is 14.8 Å². The molecule has 0 aromatic heterocycles. The maximum Gasteiger partial charge on any atom is 0.338 e. The molecule has 8 nitrogen and oxygen atoms in total. The summed E-state index contributed by atoms with van der Waals surface area (Å²) in [6, 6.07) is 21.0. The largest absolute Gasteiger partial charge is 0.493 e. The fourth-order valence-corrected chi connectivity index (χ4v) is 4.66. The highest BCUT2D eigenvalue weighted by atomic mass is 32.2. The van der Waals surface area contributed by atoms with Crippen molar-refractivity contribution in [3.63, 3.8) is 0 Å². The zero-order valence-electron chi connectivity index (χ0n) is 18.4. The molecule has 2 N–H and O–H groups in total. The summed E-state index contributed by atoms with van der Waals surface area (Å²) in [4.78, 5) is 25.4. The number of ether oxygens (including phenoxy) is 2. The molecule has 34 heavy (non-hydrogen) atoms. The van der Waals surface area contributed by atoms with Gasteiger partial charge in [0, 0.05) is 17.7 Å². The molecule has 2 unspecified atom stereocenters. The number of amides is 1. The summed E-state index contributed by atoms with van der Waals surface area (Å²) in [7, 11) is -3.81. The summed E-state index contributed by atoms with van der Waals surface area (Å²) in [5, 5.41) is 2.90. The lowest BCUT2D eigenvalue weighted by atomic mass is 10.0. The number of para-hydroxylation sites is 1. The number of esters is 1. The van der Waals surface area contributed by atoms with Crippen LogP contribution in [-0.4, -0.2) is 33.0 Å². The molecule has 0 radical (unpaired) electrons. The topological polar surface area (TPSA) is 111 Å². The van der Waals surface area contributed by atoms with Crippen LogP contribution in [0.2, 0.25) is 0 Å². The molecule has 4 rings (SSSR count). The van der Waals surface area contributed by atoms with Gasteiger partial charge in [-0.1, -0.05) is 42.5 Å². The Balaban J connectivity index is 1.39. The molecule has 1 aliphatic rings. The van der Waals surface area contributed by atoms with Gasteiger partial charge in [-0.15, -0.1) is 0 Å². The van der Waals surface area contributed by atoms with Gasteiger partial charge in [0.15, 0.2) is 6.10 Å². The van der Waals surface area contributed by atoms with Crippen molar-refractivity contribution in [1.29, 1.82) is 0 Å². The van der Waals surface area contributed by atoms with Crippen LogP contribution >= 0.6 is 0 Å². The number of fused-ring (bicyclic) bond motifs is 1. The van der Waals surface area contributed by atoms with E-state index in [1.165, 1.54) is 43.3 Å². The van der Waals surface area contributed by atoms with Gasteiger partial charge in [-0.25, -0.2) is 13.2 Å². The average molecular weight is 481 g/mol. The molecule has 2 atom stereocenters. The maximum absolute atomic E-state index is 12.7. The van der Waals surface area contributed by atoms with Crippen LogP contribution in [0.4, 0.5) is 5.69 Å². The van der Waals surface area contributed by atoms with Crippen LogP contribution in [0.5, 0.6) is 5.75 Å². The fourth-order valence-electron chi connectivity index (χ4n) is 3.59. The van der Waals surface area contributed by atoms with Crippen LogP contribution in [0.3, 0.4) is 0 Å². The van der Waals surface area contributed by atoms with Gasteiger partial charge in [-0.3, -0.25) is 9.52 Å². The predicted molar refractivity (Wildman–Crippen MR) is 126 cm³/mol. The summed E-state index contributed by atoms with van der Waals surface area (Å²) in [6.45, 7) is 1.96. The van der Waals surface area contributed by atoms with E-state index in [4.69, 9.17) is 9.47 Å². The zero-order chi connectivity index (χ0) is 24.1. The molecule has 176 valence electrons. The normalized spacial score (nSPS) is 15.9. The van der Waals surface area contributed by atoms with Crippen LogP contribution in [0.1, 0.15) is 35.3 Å². The third-order valence-electron chi connectivity index (χ3n) is 5.33. The Kier molecular flexibility index (Phi) is 6.83. The van der Waals surface area contributed by atoms with Crippen molar-refractivity contribution in [3.8, 4) is 5.75 Å². The van der Waals surface area contributed by atoms with E-state index in [2.05, 4.69) is 10.0 Å². The highest BCUT2D eigenvalue weighted by molar-refractivity contribution is 7.92. The van der Waals surface area contributed by atoms with Crippen LogP contribution in [0.15, 0.2) is 83.8 Å². The Morgan fingerprint density at radius 1 is 1.00 bits per heavy atom.